The number of nitrogens with one attached hydrogen (secondary N) is 1. The maximum absolute atomic E-state index is 13.5. The van der Waals surface area contributed by atoms with Crippen molar-refractivity contribution in [2.24, 2.45) is 0 Å². The molecule has 1 aromatic heterocycles. The number of hydrogen-bond donors (Lipinski definition) is 2. The zero-order valence-corrected chi connectivity index (χ0v) is 19.6. The number of H-pyrrole nitrogens is 1. The number of aromatic amines is 1. The van der Waals surface area contributed by atoms with Crippen LogP contribution in [0.1, 0.15) is 39.9 Å². The number of Topliss-reactive ketones (excluding diaryl/α,β-unsaturated/α-hetero) is 1. The summed E-state index contributed by atoms with van der Waals surface area (Å²) >= 11 is 6.16. The highest BCUT2D eigenvalue weighted by Crippen LogP contribution is 2.43. The van der Waals surface area contributed by atoms with E-state index in [2.05, 4.69) is 4.98 Å². The van der Waals surface area contributed by atoms with Crippen molar-refractivity contribution in [2.45, 2.75) is 31.8 Å². The van der Waals surface area contributed by atoms with E-state index in [-0.39, 0.29) is 12.2 Å². The molecule has 4 aromatic rings. The van der Waals surface area contributed by atoms with Crippen LogP contribution in [0, 0.1) is 6.92 Å². The third-order valence-corrected chi connectivity index (χ3v) is 6.79. The number of anilines is 1. The molecule has 6 heteroatoms. The third-order valence-electron chi connectivity index (χ3n) is 6.55. The summed E-state index contributed by atoms with van der Waals surface area (Å²) in [6, 6.07) is 20.1. The largest absolute Gasteiger partial charge is 0.375 e. The van der Waals surface area contributed by atoms with Gasteiger partial charge in [0.2, 0.25) is 0 Å². The fraction of sp³-hybridized carbons (Fsp3) is 0.214. The molecule has 172 valence electrons. The standard InChI is InChI=1S/C28H25ClN2O3/c1-18-6-4-7-19(14-18)26(32)16-28(34)23-9-2-3-10-25(23)31(27(28)33)13-5-8-20-17-30-24-12-11-21(29)15-22(20)24/h2-4,6-7,9-12,14-15,17,30,34H,5,8,13,16H2,1H3/t28-/m1/s1. The lowest BCUT2D eigenvalue weighted by atomic mass is 9.88. The Morgan fingerprint density at radius 2 is 1.91 bits per heavy atom. The first kappa shape index (κ1) is 22.4. The monoisotopic (exact) mass is 472 g/mol. The van der Waals surface area contributed by atoms with Crippen LogP contribution in [0.2, 0.25) is 5.02 Å². The second-order valence-electron chi connectivity index (χ2n) is 8.91. The number of halogens is 1. The summed E-state index contributed by atoms with van der Waals surface area (Å²) in [5.74, 6) is -0.705. The molecule has 1 aliphatic heterocycles. The number of nitrogens with zero attached hydrogens (tertiary/aromatic N) is 1. The molecule has 1 atom stereocenters. The van der Waals surface area contributed by atoms with Gasteiger partial charge in [0.05, 0.1) is 12.1 Å². The fourth-order valence-corrected chi connectivity index (χ4v) is 5.01. The molecule has 5 rings (SSSR count). The molecule has 0 bridgehead atoms. The molecule has 0 unspecified atom stereocenters. The summed E-state index contributed by atoms with van der Waals surface area (Å²) in [6.45, 7) is 2.34. The Morgan fingerprint density at radius 3 is 2.74 bits per heavy atom. The van der Waals surface area contributed by atoms with E-state index in [0.717, 1.165) is 28.5 Å². The van der Waals surface area contributed by atoms with Gasteiger partial charge in [0.15, 0.2) is 11.4 Å². The zero-order chi connectivity index (χ0) is 23.9. The van der Waals surface area contributed by atoms with Gasteiger partial charge in [-0.1, -0.05) is 53.6 Å². The molecule has 0 radical (unpaired) electrons. The molecule has 2 N–H and O–H groups in total. The normalized spacial score (nSPS) is 17.4. The third kappa shape index (κ3) is 3.91. The number of aromatic nitrogens is 1. The number of rotatable bonds is 7. The van der Waals surface area contributed by atoms with Crippen LogP contribution in [0.4, 0.5) is 5.69 Å². The molecular weight excluding hydrogens is 448 g/mol. The molecule has 0 spiro atoms. The Bertz CT molecular complexity index is 1410. The fourth-order valence-electron chi connectivity index (χ4n) is 4.84. The first-order valence-electron chi connectivity index (χ1n) is 11.4. The number of aliphatic hydroxyl groups is 1. The van der Waals surface area contributed by atoms with Crippen molar-refractivity contribution >= 4 is 39.9 Å². The minimum atomic E-state index is -1.87. The van der Waals surface area contributed by atoms with Gasteiger partial charge in [0, 0.05) is 39.8 Å². The van der Waals surface area contributed by atoms with E-state index < -0.39 is 11.5 Å². The molecule has 1 amide bonds. The minimum absolute atomic E-state index is 0.258. The predicted molar refractivity (Wildman–Crippen MR) is 134 cm³/mol. The Balaban J connectivity index is 1.36. The number of amides is 1. The van der Waals surface area contributed by atoms with E-state index in [0.29, 0.717) is 34.8 Å². The minimum Gasteiger partial charge on any atom is -0.375 e. The number of ketones is 1. The molecule has 3 aromatic carbocycles. The van der Waals surface area contributed by atoms with Crippen LogP contribution in [-0.4, -0.2) is 28.3 Å². The number of fused-ring (bicyclic) bond motifs is 2. The maximum atomic E-state index is 13.5. The number of carbonyl (C=O) groups excluding carboxylic acids is 2. The van der Waals surface area contributed by atoms with E-state index in [1.54, 1.807) is 35.2 Å². The van der Waals surface area contributed by atoms with Gasteiger partial charge in [-0.2, -0.15) is 0 Å². The van der Waals surface area contributed by atoms with Crippen LogP contribution in [0.5, 0.6) is 0 Å². The van der Waals surface area contributed by atoms with Gasteiger partial charge in [-0.15, -0.1) is 0 Å². The summed E-state index contributed by atoms with van der Waals surface area (Å²) in [5.41, 5.74) is 2.87. The highest BCUT2D eigenvalue weighted by molar-refractivity contribution is 6.31. The highest BCUT2D eigenvalue weighted by Gasteiger charge is 2.50. The lowest BCUT2D eigenvalue weighted by molar-refractivity contribution is -0.135. The first-order valence-corrected chi connectivity index (χ1v) is 11.7. The smallest absolute Gasteiger partial charge is 0.264 e. The number of hydrogen-bond acceptors (Lipinski definition) is 3. The summed E-state index contributed by atoms with van der Waals surface area (Å²) in [7, 11) is 0. The van der Waals surface area contributed by atoms with Crippen molar-refractivity contribution in [1.82, 2.24) is 4.98 Å². The van der Waals surface area contributed by atoms with Crippen LogP contribution in [-0.2, 0) is 16.8 Å². The van der Waals surface area contributed by atoms with Crippen LogP contribution in [0.25, 0.3) is 10.9 Å². The molecule has 1 aliphatic rings. The van der Waals surface area contributed by atoms with E-state index in [1.807, 2.05) is 49.5 Å². The predicted octanol–water partition coefficient (Wildman–Crippen LogP) is 5.57. The van der Waals surface area contributed by atoms with Gasteiger partial charge in [0.25, 0.3) is 5.91 Å². The van der Waals surface area contributed by atoms with Crippen LogP contribution in [0.3, 0.4) is 0 Å². The Hall–Kier alpha value is -3.41. The SMILES string of the molecule is Cc1cccc(C(=O)C[C@]2(O)C(=O)N(CCCc3c[nH]c4ccc(Cl)cc34)c3ccccc32)c1. The summed E-state index contributed by atoms with van der Waals surface area (Å²) in [5, 5.41) is 13.3. The Kier molecular flexibility index (Phi) is 5.76. The van der Waals surface area contributed by atoms with Crippen LogP contribution >= 0.6 is 11.6 Å². The van der Waals surface area contributed by atoms with E-state index in [4.69, 9.17) is 11.6 Å². The van der Waals surface area contributed by atoms with Crippen molar-refractivity contribution in [1.29, 1.82) is 0 Å². The van der Waals surface area contributed by atoms with E-state index in [9.17, 15) is 14.7 Å². The van der Waals surface area contributed by atoms with Crippen LogP contribution < -0.4 is 4.90 Å². The quantitative estimate of drug-likeness (QED) is 0.345. The lowest BCUT2D eigenvalue weighted by Gasteiger charge is -2.23. The lowest BCUT2D eigenvalue weighted by Crippen LogP contribution is -2.42. The number of carbonyl (C=O) groups is 2. The molecule has 0 aliphatic carbocycles. The summed E-state index contributed by atoms with van der Waals surface area (Å²) in [4.78, 5) is 31.3. The molecule has 34 heavy (non-hydrogen) atoms. The van der Waals surface area contributed by atoms with Crippen molar-refractivity contribution in [3.63, 3.8) is 0 Å². The molecule has 5 nitrogen and oxygen atoms in total. The zero-order valence-electron chi connectivity index (χ0n) is 18.8. The topological polar surface area (TPSA) is 73.4 Å². The van der Waals surface area contributed by atoms with Gasteiger partial charge >= 0.3 is 0 Å². The number of benzene rings is 3. The average molecular weight is 473 g/mol. The van der Waals surface area contributed by atoms with Gasteiger partial charge in [-0.25, -0.2) is 0 Å². The number of aryl methyl sites for hydroxylation is 2. The van der Waals surface area contributed by atoms with Crippen LogP contribution in [0.15, 0.2) is 72.9 Å². The molecule has 2 heterocycles. The molecule has 0 saturated heterocycles. The van der Waals surface area contributed by atoms with Crippen molar-refractivity contribution in [3.8, 4) is 0 Å². The second-order valence-corrected chi connectivity index (χ2v) is 9.35. The molecule has 0 saturated carbocycles. The second kappa shape index (κ2) is 8.75. The van der Waals surface area contributed by atoms with Gasteiger partial charge < -0.3 is 15.0 Å². The van der Waals surface area contributed by atoms with Crippen molar-refractivity contribution < 1.29 is 14.7 Å². The maximum Gasteiger partial charge on any atom is 0.264 e. The van der Waals surface area contributed by atoms with E-state index >= 15 is 0 Å². The number of para-hydroxylation sites is 1. The van der Waals surface area contributed by atoms with E-state index in [1.165, 1.54) is 0 Å². The van der Waals surface area contributed by atoms with Crippen molar-refractivity contribution in [2.75, 3.05) is 11.4 Å². The average Bonchev–Trinajstić information content (AvgIpc) is 3.31. The van der Waals surface area contributed by atoms with Crippen molar-refractivity contribution in [3.05, 3.63) is 100 Å². The summed E-state index contributed by atoms with van der Waals surface area (Å²) in [6.07, 6.45) is 3.12. The molecular formula is C28H25ClN2O3. The van der Waals surface area contributed by atoms with Gasteiger partial charge in [-0.05, 0) is 55.7 Å². The highest BCUT2D eigenvalue weighted by atomic mass is 35.5. The first-order chi connectivity index (χ1) is 16.4. The molecule has 0 fully saturated rings. The Labute approximate surface area is 203 Å². The van der Waals surface area contributed by atoms with Gasteiger partial charge in [0.1, 0.15) is 0 Å². The summed E-state index contributed by atoms with van der Waals surface area (Å²) < 4.78 is 0. The Morgan fingerprint density at radius 1 is 1.09 bits per heavy atom. The van der Waals surface area contributed by atoms with Gasteiger partial charge in [-0.3, -0.25) is 9.59 Å².